The van der Waals surface area contributed by atoms with Gasteiger partial charge >= 0.3 is 5.97 Å². The van der Waals surface area contributed by atoms with Gasteiger partial charge in [0, 0.05) is 13.3 Å². The Hall–Kier alpha value is -3.26. The van der Waals surface area contributed by atoms with E-state index in [0.717, 1.165) is 20.8 Å². The van der Waals surface area contributed by atoms with Crippen molar-refractivity contribution in [2.45, 2.75) is 25.7 Å². The highest BCUT2D eigenvalue weighted by molar-refractivity contribution is 7.18. The minimum absolute atomic E-state index is 0.336. The predicted molar refractivity (Wildman–Crippen MR) is 110 cm³/mol. The molecular formula is C21H21N3O4S. The number of esters is 1. The number of nitrogens with zero attached hydrogens (tertiary/aromatic N) is 1. The molecule has 1 atom stereocenters. The maximum atomic E-state index is 13.0. The fraction of sp³-hybridized carbons (Fsp3) is 0.238. The van der Waals surface area contributed by atoms with Gasteiger partial charge in [0.2, 0.25) is 5.91 Å². The van der Waals surface area contributed by atoms with Gasteiger partial charge in [-0.05, 0) is 24.6 Å². The molecule has 2 aromatic carbocycles. The van der Waals surface area contributed by atoms with Crippen molar-refractivity contribution >= 4 is 39.3 Å². The smallest absolute Gasteiger partial charge is 0.317 e. The van der Waals surface area contributed by atoms with E-state index in [1.807, 2.05) is 54.6 Å². The number of rotatable bonds is 6. The van der Waals surface area contributed by atoms with E-state index in [-0.39, 0.29) is 0 Å². The molecule has 3 aromatic rings. The van der Waals surface area contributed by atoms with Crippen LogP contribution in [0.3, 0.4) is 0 Å². The molecule has 1 heterocycles. The van der Waals surface area contributed by atoms with Crippen LogP contribution in [0.5, 0.6) is 0 Å². The lowest BCUT2D eigenvalue weighted by atomic mass is 9.79. The van der Waals surface area contributed by atoms with Crippen LogP contribution in [0.1, 0.15) is 24.4 Å². The molecule has 0 saturated carbocycles. The zero-order valence-electron chi connectivity index (χ0n) is 16.1. The number of thiazole rings is 1. The lowest BCUT2D eigenvalue weighted by molar-refractivity contribution is -0.154. The van der Waals surface area contributed by atoms with E-state index in [4.69, 9.17) is 4.74 Å². The van der Waals surface area contributed by atoms with Gasteiger partial charge in [-0.2, -0.15) is 0 Å². The number of carbonyl (C=O) groups is 3. The van der Waals surface area contributed by atoms with Crippen LogP contribution in [0.25, 0.3) is 10.2 Å². The minimum Gasteiger partial charge on any atom is -0.455 e. The van der Waals surface area contributed by atoms with Crippen LogP contribution in [0, 0.1) is 0 Å². The third-order valence-electron chi connectivity index (χ3n) is 4.42. The van der Waals surface area contributed by atoms with E-state index in [0.29, 0.717) is 6.42 Å². The Morgan fingerprint density at radius 1 is 1.03 bits per heavy atom. The van der Waals surface area contributed by atoms with Crippen molar-refractivity contribution in [2.75, 3.05) is 6.61 Å². The Morgan fingerprint density at radius 3 is 2.41 bits per heavy atom. The molecule has 1 aromatic heterocycles. The first-order valence-electron chi connectivity index (χ1n) is 9.01. The van der Waals surface area contributed by atoms with E-state index >= 15 is 0 Å². The molecule has 0 aliphatic heterocycles. The summed E-state index contributed by atoms with van der Waals surface area (Å²) in [5, 5.41) is 0.803. The summed E-state index contributed by atoms with van der Waals surface area (Å²) < 4.78 is 6.32. The van der Waals surface area contributed by atoms with Crippen LogP contribution in [-0.4, -0.2) is 29.4 Å². The molecule has 150 valence electrons. The van der Waals surface area contributed by atoms with Crippen LogP contribution in [0.4, 0.5) is 0 Å². The average Bonchev–Trinajstić information content (AvgIpc) is 3.13. The van der Waals surface area contributed by atoms with Gasteiger partial charge in [0.05, 0.1) is 20.6 Å². The second kappa shape index (κ2) is 8.83. The lowest BCUT2D eigenvalue weighted by Crippen LogP contribution is -2.44. The first-order valence-corrected chi connectivity index (χ1v) is 9.83. The van der Waals surface area contributed by atoms with Gasteiger partial charge < -0.3 is 4.74 Å². The Morgan fingerprint density at radius 2 is 1.72 bits per heavy atom. The summed E-state index contributed by atoms with van der Waals surface area (Å²) in [6.07, 6.45) is 0.336. The monoisotopic (exact) mass is 411 g/mol. The van der Waals surface area contributed by atoms with Crippen molar-refractivity contribution in [2.24, 2.45) is 0 Å². The fourth-order valence-electron chi connectivity index (χ4n) is 2.88. The van der Waals surface area contributed by atoms with Gasteiger partial charge in [0.15, 0.2) is 6.61 Å². The molecule has 0 unspecified atom stereocenters. The van der Waals surface area contributed by atoms with Gasteiger partial charge in [-0.15, -0.1) is 11.3 Å². The van der Waals surface area contributed by atoms with Crippen LogP contribution in [0.15, 0.2) is 54.6 Å². The zero-order chi connectivity index (χ0) is 20.9. The standard InChI is InChI=1S/C21H21N3O4S/c1-14(25)23-24-18(26)13-28-20(27)21(2,15-8-4-3-5-9-15)12-19-22-16-10-6-7-11-17(16)29-19/h3-11H,12-13H2,1-2H3,(H,23,25)(H,24,26)/t21-/m1/s1. The lowest BCUT2D eigenvalue weighted by Gasteiger charge is -2.27. The van der Waals surface area contributed by atoms with Crippen molar-refractivity contribution in [3.8, 4) is 0 Å². The number of hydrazine groups is 1. The number of benzene rings is 2. The molecular weight excluding hydrogens is 390 g/mol. The summed E-state index contributed by atoms with van der Waals surface area (Å²) in [6, 6.07) is 17.1. The Labute approximate surface area is 172 Å². The summed E-state index contributed by atoms with van der Waals surface area (Å²) in [5.41, 5.74) is 4.95. The molecule has 0 spiro atoms. The number of carbonyl (C=O) groups excluding carboxylic acids is 3. The normalized spacial score (nSPS) is 12.8. The quantitative estimate of drug-likeness (QED) is 0.480. The predicted octanol–water partition coefficient (Wildman–Crippen LogP) is 2.51. The maximum Gasteiger partial charge on any atom is 0.317 e. The zero-order valence-corrected chi connectivity index (χ0v) is 16.9. The molecule has 8 heteroatoms. The SMILES string of the molecule is CC(=O)NNC(=O)COC(=O)[C@](C)(Cc1nc2ccccc2s1)c1ccccc1. The molecule has 0 aliphatic carbocycles. The first-order chi connectivity index (χ1) is 13.9. The van der Waals surface area contributed by atoms with Gasteiger partial charge in [-0.3, -0.25) is 25.2 Å². The largest absolute Gasteiger partial charge is 0.455 e. The topological polar surface area (TPSA) is 97.4 Å². The molecule has 0 aliphatic rings. The van der Waals surface area contributed by atoms with Crippen molar-refractivity contribution in [3.05, 3.63) is 65.2 Å². The average molecular weight is 411 g/mol. The van der Waals surface area contributed by atoms with Crippen molar-refractivity contribution < 1.29 is 19.1 Å². The van der Waals surface area contributed by atoms with Gasteiger partial charge in [0.25, 0.3) is 5.91 Å². The number of hydrogen-bond acceptors (Lipinski definition) is 6. The van der Waals surface area contributed by atoms with Gasteiger partial charge in [-0.1, -0.05) is 42.5 Å². The number of hydrogen-bond donors (Lipinski definition) is 2. The highest BCUT2D eigenvalue weighted by Crippen LogP contribution is 2.33. The second-order valence-corrected chi connectivity index (χ2v) is 7.87. The fourth-order valence-corrected chi connectivity index (χ4v) is 4.00. The summed E-state index contributed by atoms with van der Waals surface area (Å²) in [4.78, 5) is 40.3. The van der Waals surface area contributed by atoms with Gasteiger partial charge in [0.1, 0.15) is 0 Å². The third kappa shape index (κ3) is 4.97. The first kappa shape index (κ1) is 20.5. The molecule has 29 heavy (non-hydrogen) atoms. The number of para-hydroxylation sites is 1. The van der Waals surface area contributed by atoms with E-state index in [1.165, 1.54) is 18.3 Å². The molecule has 3 rings (SSSR count). The summed E-state index contributed by atoms with van der Waals surface area (Å²) in [7, 11) is 0. The number of amides is 2. The molecule has 0 saturated heterocycles. The number of aromatic nitrogens is 1. The van der Waals surface area contributed by atoms with Crippen molar-refractivity contribution in [1.29, 1.82) is 0 Å². The Kier molecular flexibility index (Phi) is 6.23. The van der Waals surface area contributed by atoms with E-state index < -0.39 is 29.8 Å². The molecule has 2 amide bonds. The molecule has 2 N–H and O–H groups in total. The highest BCUT2D eigenvalue weighted by Gasteiger charge is 2.38. The van der Waals surface area contributed by atoms with Crippen molar-refractivity contribution in [1.82, 2.24) is 15.8 Å². The summed E-state index contributed by atoms with van der Waals surface area (Å²) >= 11 is 1.53. The highest BCUT2D eigenvalue weighted by atomic mass is 32.1. The van der Waals surface area contributed by atoms with Crippen LogP contribution in [-0.2, 0) is 31.0 Å². The molecule has 0 fully saturated rings. The Bertz CT molecular complexity index is 1000. The van der Waals surface area contributed by atoms with Crippen LogP contribution >= 0.6 is 11.3 Å². The number of ether oxygens (including phenoxy) is 1. The van der Waals surface area contributed by atoms with Crippen molar-refractivity contribution in [3.63, 3.8) is 0 Å². The van der Waals surface area contributed by atoms with Crippen LogP contribution < -0.4 is 10.9 Å². The summed E-state index contributed by atoms with van der Waals surface area (Å²) in [6.45, 7) is 2.54. The minimum atomic E-state index is -1.02. The third-order valence-corrected chi connectivity index (χ3v) is 5.45. The number of nitrogens with one attached hydrogen (secondary N) is 2. The summed E-state index contributed by atoms with van der Waals surface area (Å²) in [5.74, 6) is -1.58. The van der Waals surface area contributed by atoms with Crippen LogP contribution in [0.2, 0.25) is 0 Å². The van der Waals surface area contributed by atoms with E-state index in [2.05, 4.69) is 15.8 Å². The van der Waals surface area contributed by atoms with Gasteiger partial charge in [-0.25, -0.2) is 4.98 Å². The van der Waals surface area contributed by atoms with E-state index in [1.54, 1.807) is 6.92 Å². The Balaban J connectivity index is 1.81. The molecule has 0 bridgehead atoms. The van der Waals surface area contributed by atoms with E-state index in [9.17, 15) is 14.4 Å². The second-order valence-electron chi connectivity index (χ2n) is 6.76. The molecule has 7 nitrogen and oxygen atoms in total. The molecule has 0 radical (unpaired) electrons. The number of fused-ring (bicyclic) bond motifs is 1. The maximum absolute atomic E-state index is 13.0.